The summed E-state index contributed by atoms with van der Waals surface area (Å²) in [5, 5.41) is 2.81. The molecule has 25 heavy (non-hydrogen) atoms. The first kappa shape index (κ1) is 18.6. The van der Waals surface area contributed by atoms with Crippen LogP contribution in [0.3, 0.4) is 0 Å². The van der Waals surface area contributed by atoms with Crippen LogP contribution < -0.4 is 19.5 Å². The predicted octanol–water partition coefficient (Wildman–Crippen LogP) is 3.27. The summed E-state index contributed by atoms with van der Waals surface area (Å²) in [6.45, 7) is 6.52. The molecular weight excluding hydrogens is 318 g/mol. The van der Waals surface area contributed by atoms with Crippen molar-refractivity contribution in [2.45, 2.75) is 26.9 Å². The molecule has 1 amide bonds. The Morgan fingerprint density at radius 3 is 2.48 bits per heavy atom. The van der Waals surface area contributed by atoms with Crippen LogP contribution in [0.1, 0.15) is 18.1 Å². The molecule has 5 nitrogen and oxygen atoms in total. The van der Waals surface area contributed by atoms with E-state index in [1.54, 1.807) is 14.0 Å². The number of benzene rings is 2. The molecule has 0 radical (unpaired) electrons. The number of aryl methyl sites for hydroxylation is 2. The quantitative estimate of drug-likeness (QED) is 0.748. The Morgan fingerprint density at radius 2 is 1.80 bits per heavy atom. The van der Waals surface area contributed by atoms with Crippen molar-refractivity contribution in [2.75, 3.05) is 20.3 Å². The third-order valence-corrected chi connectivity index (χ3v) is 3.89. The van der Waals surface area contributed by atoms with E-state index in [1.165, 1.54) is 5.56 Å². The molecule has 2 aromatic carbocycles. The molecule has 2 rings (SSSR count). The molecule has 2 aromatic rings. The average molecular weight is 343 g/mol. The minimum absolute atomic E-state index is 0.179. The van der Waals surface area contributed by atoms with Gasteiger partial charge in [0.25, 0.3) is 5.91 Å². The Kier molecular flexibility index (Phi) is 6.69. The number of carbonyl (C=O) groups excluding carboxylic acids is 1. The SMILES string of the molecule is COc1ccccc1OCCNC(=O)[C@@H](C)Oc1ccc(C)c(C)c1. The lowest BCUT2D eigenvalue weighted by molar-refractivity contribution is -0.127. The average Bonchev–Trinajstić information content (AvgIpc) is 2.62. The Morgan fingerprint density at radius 1 is 1.08 bits per heavy atom. The third-order valence-electron chi connectivity index (χ3n) is 3.89. The van der Waals surface area contributed by atoms with Gasteiger partial charge < -0.3 is 19.5 Å². The van der Waals surface area contributed by atoms with Gasteiger partial charge in [0.1, 0.15) is 12.4 Å². The number of rotatable bonds is 8. The molecule has 134 valence electrons. The predicted molar refractivity (Wildman–Crippen MR) is 97.5 cm³/mol. The Labute approximate surface area is 148 Å². The van der Waals surface area contributed by atoms with E-state index in [1.807, 2.05) is 56.3 Å². The van der Waals surface area contributed by atoms with Crippen LogP contribution in [-0.4, -0.2) is 32.3 Å². The van der Waals surface area contributed by atoms with Crippen molar-refractivity contribution in [2.24, 2.45) is 0 Å². The van der Waals surface area contributed by atoms with Crippen molar-refractivity contribution in [1.82, 2.24) is 5.32 Å². The van der Waals surface area contributed by atoms with Gasteiger partial charge in [-0.2, -0.15) is 0 Å². The maximum absolute atomic E-state index is 12.1. The van der Waals surface area contributed by atoms with Gasteiger partial charge in [0.15, 0.2) is 17.6 Å². The van der Waals surface area contributed by atoms with Crippen molar-refractivity contribution in [1.29, 1.82) is 0 Å². The second kappa shape index (κ2) is 8.97. The van der Waals surface area contributed by atoms with Crippen molar-refractivity contribution < 1.29 is 19.0 Å². The molecule has 0 aliphatic carbocycles. The number of methoxy groups -OCH3 is 1. The fourth-order valence-electron chi connectivity index (χ4n) is 2.26. The van der Waals surface area contributed by atoms with Gasteiger partial charge in [0, 0.05) is 0 Å². The second-order valence-corrected chi connectivity index (χ2v) is 5.80. The van der Waals surface area contributed by atoms with Gasteiger partial charge in [0.05, 0.1) is 13.7 Å². The highest BCUT2D eigenvalue weighted by molar-refractivity contribution is 5.80. The number of hydrogen-bond acceptors (Lipinski definition) is 4. The molecular formula is C20H25NO4. The van der Waals surface area contributed by atoms with Crippen LogP contribution in [0.4, 0.5) is 0 Å². The zero-order chi connectivity index (χ0) is 18.2. The van der Waals surface area contributed by atoms with Crippen LogP contribution in [0.2, 0.25) is 0 Å². The summed E-state index contributed by atoms with van der Waals surface area (Å²) in [5.74, 6) is 1.83. The van der Waals surface area contributed by atoms with Gasteiger partial charge in [-0.3, -0.25) is 4.79 Å². The van der Waals surface area contributed by atoms with Gasteiger partial charge in [-0.25, -0.2) is 0 Å². The van der Waals surface area contributed by atoms with Crippen molar-refractivity contribution in [3.63, 3.8) is 0 Å². The fourth-order valence-corrected chi connectivity index (χ4v) is 2.26. The molecule has 0 bridgehead atoms. The number of ether oxygens (including phenoxy) is 3. The molecule has 0 aliphatic heterocycles. The smallest absolute Gasteiger partial charge is 0.260 e. The highest BCUT2D eigenvalue weighted by Crippen LogP contribution is 2.25. The number of nitrogens with one attached hydrogen (secondary N) is 1. The van der Waals surface area contributed by atoms with Crippen molar-refractivity contribution in [3.8, 4) is 17.2 Å². The largest absolute Gasteiger partial charge is 0.493 e. The first-order chi connectivity index (χ1) is 12.0. The number of amides is 1. The van der Waals surface area contributed by atoms with Crippen LogP contribution >= 0.6 is 0 Å². The summed E-state index contributed by atoms with van der Waals surface area (Å²) in [6, 6.07) is 13.2. The van der Waals surface area contributed by atoms with Gasteiger partial charge >= 0.3 is 0 Å². The van der Waals surface area contributed by atoms with Gasteiger partial charge in [-0.1, -0.05) is 18.2 Å². The molecule has 0 saturated carbocycles. The topological polar surface area (TPSA) is 56.8 Å². The van der Waals surface area contributed by atoms with Crippen LogP contribution in [0.5, 0.6) is 17.2 Å². The molecule has 1 N–H and O–H groups in total. The number of hydrogen-bond donors (Lipinski definition) is 1. The van der Waals surface area contributed by atoms with E-state index in [9.17, 15) is 4.79 Å². The summed E-state index contributed by atoms with van der Waals surface area (Å²) in [5.41, 5.74) is 2.33. The van der Waals surface area contributed by atoms with Crippen LogP contribution in [-0.2, 0) is 4.79 Å². The molecule has 5 heteroatoms. The van der Waals surface area contributed by atoms with Crippen LogP contribution in [0, 0.1) is 13.8 Å². The van der Waals surface area contributed by atoms with E-state index in [0.29, 0.717) is 30.4 Å². The van der Waals surface area contributed by atoms with E-state index in [0.717, 1.165) is 5.56 Å². The van der Waals surface area contributed by atoms with Crippen molar-refractivity contribution in [3.05, 3.63) is 53.6 Å². The zero-order valence-corrected chi connectivity index (χ0v) is 15.2. The third kappa shape index (κ3) is 5.41. The zero-order valence-electron chi connectivity index (χ0n) is 15.2. The Bertz CT molecular complexity index is 715. The van der Waals surface area contributed by atoms with Crippen molar-refractivity contribution >= 4 is 5.91 Å². The molecule has 1 atom stereocenters. The standard InChI is InChI=1S/C20H25NO4/c1-14-9-10-17(13-15(14)2)25-16(3)20(22)21-11-12-24-19-8-6-5-7-18(19)23-4/h5-10,13,16H,11-12H2,1-4H3,(H,21,22)/t16-/m1/s1. The van der Waals surface area contributed by atoms with Gasteiger partial charge in [0.2, 0.25) is 0 Å². The van der Waals surface area contributed by atoms with Gasteiger partial charge in [-0.05, 0) is 56.2 Å². The maximum atomic E-state index is 12.1. The molecule has 0 fully saturated rings. The molecule has 0 heterocycles. The number of carbonyl (C=O) groups is 1. The lowest BCUT2D eigenvalue weighted by Crippen LogP contribution is -2.38. The first-order valence-electron chi connectivity index (χ1n) is 8.28. The number of para-hydroxylation sites is 2. The summed E-state index contributed by atoms with van der Waals surface area (Å²) in [7, 11) is 1.59. The van der Waals surface area contributed by atoms with Crippen LogP contribution in [0.15, 0.2) is 42.5 Å². The molecule has 0 aliphatic rings. The molecule has 0 saturated heterocycles. The summed E-state index contributed by atoms with van der Waals surface area (Å²) in [4.78, 5) is 12.1. The maximum Gasteiger partial charge on any atom is 0.260 e. The van der Waals surface area contributed by atoms with Gasteiger partial charge in [-0.15, -0.1) is 0 Å². The minimum Gasteiger partial charge on any atom is -0.493 e. The van der Waals surface area contributed by atoms with E-state index >= 15 is 0 Å². The van der Waals surface area contributed by atoms with E-state index < -0.39 is 6.10 Å². The molecule has 0 spiro atoms. The fraction of sp³-hybridized carbons (Fsp3) is 0.350. The lowest BCUT2D eigenvalue weighted by Gasteiger charge is -2.16. The Balaban J connectivity index is 1.76. The van der Waals surface area contributed by atoms with Crippen LogP contribution in [0.25, 0.3) is 0 Å². The normalized spacial score (nSPS) is 11.5. The van der Waals surface area contributed by atoms with E-state index in [-0.39, 0.29) is 5.91 Å². The molecule has 0 unspecified atom stereocenters. The van der Waals surface area contributed by atoms with E-state index in [2.05, 4.69) is 5.32 Å². The summed E-state index contributed by atoms with van der Waals surface area (Å²) in [6.07, 6.45) is -0.576. The highest BCUT2D eigenvalue weighted by atomic mass is 16.5. The second-order valence-electron chi connectivity index (χ2n) is 5.80. The summed E-state index contributed by atoms with van der Waals surface area (Å²) < 4.78 is 16.5. The Hall–Kier alpha value is -2.69. The lowest BCUT2D eigenvalue weighted by atomic mass is 10.1. The first-order valence-corrected chi connectivity index (χ1v) is 8.28. The van der Waals surface area contributed by atoms with E-state index in [4.69, 9.17) is 14.2 Å². The summed E-state index contributed by atoms with van der Waals surface area (Å²) >= 11 is 0. The monoisotopic (exact) mass is 343 g/mol. The minimum atomic E-state index is -0.576. The highest BCUT2D eigenvalue weighted by Gasteiger charge is 2.14. The molecule has 0 aromatic heterocycles.